The molecule has 0 unspecified atom stereocenters. The molecule has 5 rings (SSSR count). The molecular weight excluding hydrogens is 426 g/mol. The lowest BCUT2D eigenvalue weighted by Gasteiger charge is -2.18. The van der Waals surface area contributed by atoms with E-state index in [0.29, 0.717) is 12.1 Å². The molecule has 0 aliphatic carbocycles. The van der Waals surface area contributed by atoms with E-state index in [1.165, 1.54) is 0 Å². The highest BCUT2D eigenvalue weighted by Crippen LogP contribution is 2.26. The van der Waals surface area contributed by atoms with E-state index in [0.717, 1.165) is 33.3 Å². The smallest absolute Gasteiger partial charge is 0.252 e. The van der Waals surface area contributed by atoms with Crippen molar-refractivity contribution < 1.29 is 9.90 Å². The average molecular weight is 450 g/mol. The first-order chi connectivity index (χ1) is 16.7. The number of carbonyl (C=O) groups is 1. The predicted molar refractivity (Wildman–Crippen MR) is 130 cm³/mol. The number of nitrogens with zero attached hydrogens (tertiary/aromatic N) is 4. The summed E-state index contributed by atoms with van der Waals surface area (Å²) < 4.78 is 1.72. The highest BCUT2D eigenvalue weighted by molar-refractivity contribution is 5.96. The summed E-state index contributed by atoms with van der Waals surface area (Å²) in [4.78, 5) is 17.5. The van der Waals surface area contributed by atoms with Gasteiger partial charge in [-0.25, -0.2) is 4.68 Å². The fraction of sp³-hybridized carbons (Fsp3) is 0.111. The lowest BCUT2D eigenvalue weighted by molar-refractivity contribution is 0.0915. The number of fused-ring (bicyclic) bond motifs is 1. The Hall–Kier alpha value is -4.36. The molecule has 0 saturated carbocycles. The Morgan fingerprint density at radius 2 is 1.76 bits per heavy atom. The zero-order chi connectivity index (χ0) is 23.3. The van der Waals surface area contributed by atoms with E-state index < -0.39 is 6.04 Å². The average Bonchev–Trinajstić information content (AvgIpc) is 3.36. The maximum Gasteiger partial charge on any atom is 0.252 e. The summed E-state index contributed by atoms with van der Waals surface area (Å²) in [5, 5.41) is 22.4. The minimum atomic E-state index is -0.486. The van der Waals surface area contributed by atoms with Gasteiger partial charge in [0.15, 0.2) is 0 Å². The van der Waals surface area contributed by atoms with Crippen LogP contribution in [0, 0.1) is 0 Å². The standard InChI is InChI=1S/C27H23N5O2/c33-18-26(19-8-2-1-3-9-19)29-27(34)21-11-5-4-10-20(21)16-32-17-25(30-31-32)23-12-6-14-24-22(23)13-7-15-28-24/h1-15,17,26,33H,16,18H2,(H,29,34)/t26-/m0/s1. The summed E-state index contributed by atoms with van der Waals surface area (Å²) in [7, 11) is 0. The SMILES string of the molecule is O=C(N[C@@H](CO)c1ccccc1)c1ccccc1Cn1cc(-c2cccc3ncccc23)nn1. The van der Waals surface area contributed by atoms with Crippen LogP contribution in [0.4, 0.5) is 0 Å². The van der Waals surface area contributed by atoms with Gasteiger partial charge in [0, 0.05) is 22.7 Å². The topological polar surface area (TPSA) is 92.9 Å². The van der Waals surface area contributed by atoms with Crippen molar-refractivity contribution in [1.82, 2.24) is 25.3 Å². The number of nitrogens with one attached hydrogen (secondary N) is 1. The first-order valence-corrected chi connectivity index (χ1v) is 11.0. The van der Waals surface area contributed by atoms with Crippen molar-refractivity contribution in [1.29, 1.82) is 0 Å². The number of amides is 1. The molecule has 2 N–H and O–H groups in total. The van der Waals surface area contributed by atoms with Gasteiger partial charge in [-0.1, -0.05) is 71.9 Å². The molecule has 0 aliphatic heterocycles. The third-order valence-electron chi connectivity index (χ3n) is 5.74. The van der Waals surface area contributed by atoms with Crippen LogP contribution in [-0.4, -0.2) is 37.6 Å². The number of aliphatic hydroxyl groups excluding tert-OH is 1. The molecule has 0 fully saturated rings. The lowest BCUT2D eigenvalue weighted by atomic mass is 10.0. The van der Waals surface area contributed by atoms with Gasteiger partial charge in [0.1, 0.15) is 5.69 Å². The Labute approximate surface area is 196 Å². The molecule has 0 aliphatic rings. The molecule has 1 atom stereocenters. The van der Waals surface area contributed by atoms with Crippen molar-refractivity contribution in [2.75, 3.05) is 6.61 Å². The van der Waals surface area contributed by atoms with Crippen LogP contribution < -0.4 is 5.32 Å². The first-order valence-electron chi connectivity index (χ1n) is 11.0. The Bertz CT molecular complexity index is 1430. The largest absolute Gasteiger partial charge is 0.394 e. The van der Waals surface area contributed by atoms with Crippen molar-refractivity contribution in [2.24, 2.45) is 0 Å². The number of pyridine rings is 1. The van der Waals surface area contributed by atoms with Crippen LogP contribution in [0.25, 0.3) is 22.2 Å². The van der Waals surface area contributed by atoms with Crippen LogP contribution in [0.3, 0.4) is 0 Å². The van der Waals surface area contributed by atoms with Gasteiger partial charge in [0.05, 0.1) is 30.9 Å². The van der Waals surface area contributed by atoms with Crippen LogP contribution in [0.15, 0.2) is 97.3 Å². The Balaban J connectivity index is 1.38. The van der Waals surface area contributed by atoms with Gasteiger partial charge >= 0.3 is 0 Å². The van der Waals surface area contributed by atoms with Crippen molar-refractivity contribution in [3.63, 3.8) is 0 Å². The Morgan fingerprint density at radius 3 is 2.62 bits per heavy atom. The van der Waals surface area contributed by atoms with Crippen molar-refractivity contribution >= 4 is 16.8 Å². The molecule has 2 aromatic heterocycles. The van der Waals surface area contributed by atoms with E-state index in [9.17, 15) is 9.90 Å². The van der Waals surface area contributed by atoms with E-state index in [-0.39, 0.29) is 12.5 Å². The van der Waals surface area contributed by atoms with Crippen LogP contribution in [0.5, 0.6) is 0 Å². The summed E-state index contributed by atoms with van der Waals surface area (Å²) in [6, 6.07) is 26.2. The van der Waals surface area contributed by atoms with E-state index >= 15 is 0 Å². The quantitative estimate of drug-likeness (QED) is 0.392. The van der Waals surface area contributed by atoms with Crippen molar-refractivity contribution in [3.8, 4) is 11.3 Å². The number of carbonyl (C=O) groups excluding carboxylic acids is 1. The Morgan fingerprint density at radius 1 is 0.941 bits per heavy atom. The molecular formula is C27H23N5O2. The maximum absolute atomic E-state index is 13.1. The number of hydrogen-bond acceptors (Lipinski definition) is 5. The molecule has 34 heavy (non-hydrogen) atoms. The molecule has 0 spiro atoms. The monoisotopic (exact) mass is 449 g/mol. The van der Waals surface area contributed by atoms with Gasteiger partial charge < -0.3 is 10.4 Å². The number of aliphatic hydroxyl groups is 1. The fourth-order valence-corrected chi connectivity index (χ4v) is 4.04. The van der Waals surface area contributed by atoms with Crippen LogP contribution in [-0.2, 0) is 6.54 Å². The number of benzene rings is 3. The maximum atomic E-state index is 13.1. The molecule has 0 saturated heterocycles. The molecule has 5 aromatic rings. The summed E-state index contributed by atoms with van der Waals surface area (Å²) >= 11 is 0. The van der Waals surface area contributed by atoms with Gasteiger partial charge in [-0.2, -0.15) is 0 Å². The molecule has 1 amide bonds. The molecule has 168 valence electrons. The molecule has 0 radical (unpaired) electrons. The van der Waals surface area contributed by atoms with Crippen LogP contribution >= 0.6 is 0 Å². The van der Waals surface area contributed by atoms with Crippen LogP contribution in [0.2, 0.25) is 0 Å². The van der Waals surface area contributed by atoms with Crippen LogP contribution in [0.1, 0.15) is 27.5 Å². The van der Waals surface area contributed by atoms with Gasteiger partial charge in [-0.05, 0) is 29.3 Å². The summed E-state index contributed by atoms with van der Waals surface area (Å²) in [5.41, 5.74) is 4.78. The van der Waals surface area contributed by atoms with Crippen molar-refractivity contribution in [2.45, 2.75) is 12.6 Å². The van der Waals surface area contributed by atoms with Gasteiger partial charge in [-0.3, -0.25) is 9.78 Å². The summed E-state index contributed by atoms with van der Waals surface area (Å²) in [6.07, 6.45) is 3.64. The minimum absolute atomic E-state index is 0.190. The fourth-order valence-electron chi connectivity index (χ4n) is 4.04. The van der Waals surface area contributed by atoms with Gasteiger partial charge in [0.2, 0.25) is 0 Å². The van der Waals surface area contributed by atoms with Crippen molar-refractivity contribution in [3.05, 3.63) is 114 Å². The zero-order valence-corrected chi connectivity index (χ0v) is 18.4. The highest BCUT2D eigenvalue weighted by Gasteiger charge is 2.18. The normalized spacial score (nSPS) is 11.9. The molecule has 7 nitrogen and oxygen atoms in total. The minimum Gasteiger partial charge on any atom is -0.394 e. The molecule has 0 bridgehead atoms. The van der Waals surface area contributed by atoms with E-state index in [4.69, 9.17) is 0 Å². The zero-order valence-electron chi connectivity index (χ0n) is 18.4. The number of hydrogen-bond donors (Lipinski definition) is 2. The summed E-state index contributed by atoms with van der Waals surface area (Å²) in [5.74, 6) is -0.251. The second kappa shape index (κ2) is 9.64. The second-order valence-corrected chi connectivity index (χ2v) is 7.95. The summed E-state index contributed by atoms with van der Waals surface area (Å²) in [6.45, 7) is 0.193. The third-order valence-corrected chi connectivity index (χ3v) is 5.74. The lowest BCUT2D eigenvalue weighted by Crippen LogP contribution is -2.31. The second-order valence-electron chi connectivity index (χ2n) is 7.95. The molecule has 2 heterocycles. The number of aromatic nitrogens is 4. The van der Waals surface area contributed by atoms with Gasteiger partial charge in [-0.15, -0.1) is 5.10 Å². The first kappa shape index (κ1) is 21.5. The molecule has 3 aromatic carbocycles. The number of rotatable bonds is 7. The molecule has 7 heteroatoms. The van der Waals surface area contributed by atoms with E-state index in [1.807, 2.05) is 85.1 Å². The van der Waals surface area contributed by atoms with E-state index in [1.54, 1.807) is 16.9 Å². The van der Waals surface area contributed by atoms with Gasteiger partial charge in [0.25, 0.3) is 5.91 Å². The highest BCUT2D eigenvalue weighted by atomic mass is 16.3. The van der Waals surface area contributed by atoms with E-state index in [2.05, 4.69) is 20.6 Å². The third kappa shape index (κ3) is 4.42. The predicted octanol–water partition coefficient (Wildman–Crippen LogP) is 4.01. The Kier molecular flexibility index (Phi) is 6.09.